The average Bonchev–Trinajstić information content (AvgIpc) is 2.39. The number of hydrogen-bond donors (Lipinski definition) is 2. The smallest absolute Gasteiger partial charge is 0.241 e. The number of rotatable bonds is 6. The number of benzene rings is 1. The normalized spacial score (nSPS) is 12.5. The Hall–Kier alpha value is -1.55. The molecule has 4 heteroatoms. The number of unbranched alkanes of at least 4 members (excludes halogenated alkanes) is 1. The molecule has 4 nitrogen and oxygen atoms in total. The highest BCUT2D eigenvalue weighted by Gasteiger charge is 2.18. The summed E-state index contributed by atoms with van der Waals surface area (Å²) in [4.78, 5) is 14.3. The molecule has 1 aromatic rings. The number of aryl methyl sites for hydroxylation is 1. The van der Waals surface area contributed by atoms with Crippen molar-refractivity contribution in [3.63, 3.8) is 0 Å². The SMILES string of the molecule is CCCCN(C)C(C)C(=O)Nc1cc(N)ccc1C. The molecule has 3 N–H and O–H groups in total. The molecule has 0 aliphatic rings. The van der Waals surface area contributed by atoms with Crippen molar-refractivity contribution in [3.05, 3.63) is 23.8 Å². The fraction of sp³-hybridized carbons (Fsp3) is 0.533. The Balaban J connectivity index is 2.65. The molecule has 0 aliphatic heterocycles. The minimum Gasteiger partial charge on any atom is -0.399 e. The number of likely N-dealkylation sites (N-methyl/N-ethyl adjacent to an activating group) is 1. The third kappa shape index (κ3) is 4.56. The highest BCUT2D eigenvalue weighted by Crippen LogP contribution is 2.18. The molecule has 0 radical (unpaired) electrons. The second kappa shape index (κ2) is 7.14. The van der Waals surface area contributed by atoms with Gasteiger partial charge in [0.15, 0.2) is 0 Å². The zero-order valence-corrected chi connectivity index (χ0v) is 12.4. The van der Waals surface area contributed by atoms with Gasteiger partial charge in [0.05, 0.1) is 6.04 Å². The van der Waals surface area contributed by atoms with Crippen molar-refractivity contribution in [2.24, 2.45) is 0 Å². The van der Waals surface area contributed by atoms with Crippen molar-refractivity contribution in [3.8, 4) is 0 Å². The van der Waals surface area contributed by atoms with Crippen LogP contribution in [0.3, 0.4) is 0 Å². The van der Waals surface area contributed by atoms with Crippen LogP contribution in [0, 0.1) is 6.92 Å². The van der Waals surface area contributed by atoms with E-state index in [0.717, 1.165) is 30.6 Å². The fourth-order valence-corrected chi connectivity index (χ4v) is 1.81. The van der Waals surface area contributed by atoms with Crippen LogP contribution < -0.4 is 11.1 Å². The van der Waals surface area contributed by atoms with Gasteiger partial charge in [-0.05, 0) is 51.6 Å². The first kappa shape index (κ1) is 15.5. The largest absolute Gasteiger partial charge is 0.399 e. The summed E-state index contributed by atoms with van der Waals surface area (Å²) in [7, 11) is 1.98. The van der Waals surface area contributed by atoms with E-state index in [-0.39, 0.29) is 11.9 Å². The van der Waals surface area contributed by atoms with E-state index in [2.05, 4.69) is 17.1 Å². The van der Waals surface area contributed by atoms with E-state index in [9.17, 15) is 4.79 Å². The molecule has 1 rings (SSSR count). The lowest BCUT2D eigenvalue weighted by atomic mass is 10.1. The van der Waals surface area contributed by atoms with Gasteiger partial charge in [-0.25, -0.2) is 0 Å². The minimum atomic E-state index is -0.146. The van der Waals surface area contributed by atoms with E-state index in [1.54, 1.807) is 6.07 Å². The molecule has 19 heavy (non-hydrogen) atoms. The van der Waals surface area contributed by atoms with Crippen LogP contribution in [0.15, 0.2) is 18.2 Å². The molecule has 106 valence electrons. The topological polar surface area (TPSA) is 58.4 Å². The molecule has 0 saturated heterocycles. The lowest BCUT2D eigenvalue weighted by Crippen LogP contribution is -2.40. The number of nitrogen functional groups attached to an aromatic ring is 1. The average molecular weight is 263 g/mol. The number of nitrogens with two attached hydrogens (primary N) is 1. The van der Waals surface area contributed by atoms with Crippen molar-refractivity contribution in [2.75, 3.05) is 24.6 Å². The number of nitrogens with one attached hydrogen (secondary N) is 1. The third-order valence-corrected chi connectivity index (χ3v) is 3.42. The zero-order chi connectivity index (χ0) is 14.4. The number of carbonyl (C=O) groups excluding carboxylic acids is 1. The Kier molecular flexibility index (Phi) is 5.83. The van der Waals surface area contributed by atoms with Crippen LogP contribution in [0.25, 0.3) is 0 Å². The number of nitrogens with zero attached hydrogens (tertiary/aromatic N) is 1. The van der Waals surface area contributed by atoms with Crippen molar-refractivity contribution in [2.45, 2.75) is 39.7 Å². The number of amides is 1. The van der Waals surface area contributed by atoms with Gasteiger partial charge in [0.25, 0.3) is 0 Å². The van der Waals surface area contributed by atoms with E-state index in [4.69, 9.17) is 5.73 Å². The highest BCUT2D eigenvalue weighted by atomic mass is 16.2. The highest BCUT2D eigenvalue weighted by molar-refractivity contribution is 5.95. The Bertz CT molecular complexity index is 431. The Morgan fingerprint density at radius 2 is 2.16 bits per heavy atom. The summed E-state index contributed by atoms with van der Waals surface area (Å²) in [6.07, 6.45) is 2.23. The van der Waals surface area contributed by atoms with Crippen molar-refractivity contribution in [1.29, 1.82) is 0 Å². The first-order chi connectivity index (χ1) is 8.95. The first-order valence-corrected chi connectivity index (χ1v) is 6.83. The van der Waals surface area contributed by atoms with Crippen molar-refractivity contribution in [1.82, 2.24) is 4.90 Å². The maximum atomic E-state index is 12.2. The van der Waals surface area contributed by atoms with Gasteiger partial charge in [-0.1, -0.05) is 19.4 Å². The maximum absolute atomic E-state index is 12.2. The lowest BCUT2D eigenvalue weighted by molar-refractivity contribution is -0.120. The van der Waals surface area contributed by atoms with Crippen LogP contribution in [0.2, 0.25) is 0 Å². The Labute approximate surface area is 116 Å². The van der Waals surface area contributed by atoms with Gasteiger partial charge in [-0.2, -0.15) is 0 Å². The summed E-state index contributed by atoms with van der Waals surface area (Å²) in [5.74, 6) is 0.00676. The summed E-state index contributed by atoms with van der Waals surface area (Å²) >= 11 is 0. The predicted octanol–water partition coefficient (Wildman–Crippen LogP) is 2.64. The summed E-state index contributed by atoms with van der Waals surface area (Å²) in [5.41, 5.74) is 8.21. The molecule has 1 unspecified atom stereocenters. The summed E-state index contributed by atoms with van der Waals surface area (Å²) < 4.78 is 0. The molecule has 0 saturated carbocycles. The van der Waals surface area contributed by atoms with E-state index in [0.29, 0.717) is 5.69 Å². The molecule has 0 heterocycles. The molecule has 0 bridgehead atoms. The molecule has 0 aromatic heterocycles. The molecule has 1 amide bonds. The summed E-state index contributed by atoms with van der Waals surface area (Å²) in [6.45, 7) is 6.96. The van der Waals surface area contributed by atoms with Crippen LogP contribution in [0.4, 0.5) is 11.4 Å². The Morgan fingerprint density at radius 3 is 2.79 bits per heavy atom. The van der Waals surface area contributed by atoms with Gasteiger partial charge in [0.2, 0.25) is 5.91 Å². The number of hydrogen-bond acceptors (Lipinski definition) is 3. The van der Waals surface area contributed by atoms with Crippen LogP contribution >= 0.6 is 0 Å². The van der Waals surface area contributed by atoms with Crippen molar-refractivity contribution < 1.29 is 4.79 Å². The monoisotopic (exact) mass is 263 g/mol. The van der Waals surface area contributed by atoms with Gasteiger partial charge in [0.1, 0.15) is 0 Å². The molecule has 1 aromatic carbocycles. The molecule has 0 aliphatic carbocycles. The van der Waals surface area contributed by atoms with Crippen molar-refractivity contribution >= 4 is 17.3 Å². The minimum absolute atomic E-state index is 0.00676. The standard InChI is InChI=1S/C15H25N3O/c1-5-6-9-18(4)12(3)15(19)17-14-10-13(16)8-7-11(14)2/h7-8,10,12H,5-6,9,16H2,1-4H3,(H,17,19). The maximum Gasteiger partial charge on any atom is 0.241 e. The molecular formula is C15H25N3O. The van der Waals surface area contributed by atoms with Gasteiger partial charge < -0.3 is 11.1 Å². The van der Waals surface area contributed by atoms with Gasteiger partial charge in [0, 0.05) is 11.4 Å². The quantitative estimate of drug-likeness (QED) is 0.776. The van der Waals surface area contributed by atoms with Crippen LogP contribution in [-0.2, 0) is 4.79 Å². The first-order valence-electron chi connectivity index (χ1n) is 6.83. The van der Waals surface area contributed by atoms with Crippen LogP contribution in [0.5, 0.6) is 0 Å². The molecule has 0 fully saturated rings. The number of anilines is 2. The summed E-state index contributed by atoms with van der Waals surface area (Å²) in [6, 6.07) is 5.40. The number of carbonyl (C=O) groups is 1. The third-order valence-electron chi connectivity index (χ3n) is 3.42. The lowest BCUT2D eigenvalue weighted by Gasteiger charge is -2.24. The second-order valence-corrected chi connectivity index (χ2v) is 5.07. The molecule has 1 atom stereocenters. The molecule has 0 spiro atoms. The van der Waals surface area contributed by atoms with E-state index in [1.165, 1.54) is 0 Å². The zero-order valence-electron chi connectivity index (χ0n) is 12.4. The molecular weight excluding hydrogens is 238 g/mol. The Morgan fingerprint density at radius 1 is 1.47 bits per heavy atom. The van der Waals surface area contributed by atoms with Crippen LogP contribution in [0.1, 0.15) is 32.3 Å². The fourth-order valence-electron chi connectivity index (χ4n) is 1.81. The second-order valence-electron chi connectivity index (χ2n) is 5.07. The van der Waals surface area contributed by atoms with Crippen LogP contribution in [-0.4, -0.2) is 30.4 Å². The predicted molar refractivity (Wildman–Crippen MR) is 81.2 cm³/mol. The van der Waals surface area contributed by atoms with Gasteiger partial charge in [-0.3, -0.25) is 9.69 Å². The van der Waals surface area contributed by atoms with E-state index >= 15 is 0 Å². The van der Waals surface area contributed by atoms with Gasteiger partial charge >= 0.3 is 0 Å². The van der Waals surface area contributed by atoms with E-state index < -0.39 is 0 Å². The summed E-state index contributed by atoms with van der Waals surface area (Å²) in [5, 5.41) is 2.95. The van der Waals surface area contributed by atoms with Gasteiger partial charge in [-0.15, -0.1) is 0 Å². The van der Waals surface area contributed by atoms with E-state index in [1.807, 2.05) is 33.0 Å².